The minimum atomic E-state index is -4.11. The highest BCUT2D eigenvalue weighted by Gasteiger charge is 2.18. The van der Waals surface area contributed by atoms with Crippen molar-refractivity contribution in [2.75, 3.05) is 4.72 Å². The van der Waals surface area contributed by atoms with Crippen LogP contribution in [0.15, 0.2) is 47.4 Å². The first-order chi connectivity index (χ1) is 9.79. The molecule has 0 aliphatic carbocycles. The third kappa shape index (κ3) is 3.31. The van der Waals surface area contributed by atoms with Crippen molar-refractivity contribution in [3.05, 3.63) is 64.2 Å². The van der Waals surface area contributed by atoms with Crippen LogP contribution in [-0.2, 0) is 10.0 Å². The molecule has 0 saturated carbocycles. The maximum atomic E-state index is 13.4. The fraction of sp³-hybridized carbons (Fsp3) is 0. The van der Waals surface area contributed by atoms with E-state index in [-0.39, 0.29) is 10.6 Å². The average Bonchev–Trinajstić information content (AvgIpc) is 2.37. The molecule has 6 nitrogen and oxygen atoms in total. The summed E-state index contributed by atoms with van der Waals surface area (Å²) in [5.41, 5.74) is -0.980. The highest BCUT2D eigenvalue weighted by molar-refractivity contribution is 7.92. The maximum absolute atomic E-state index is 13.4. The number of hydrogen-bond acceptors (Lipinski definition) is 4. The number of anilines is 1. The number of benzene rings is 2. The number of nitro benzene ring substituents is 1. The van der Waals surface area contributed by atoms with E-state index < -0.39 is 32.3 Å². The van der Waals surface area contributed by atoms with E-state index in [1.54, 1.807) is 0 Å². The Morgan fingerprint density at radius 2 is 1.81 bits per heavy atom. The lowest BCUT2D eigenvalue weighted by atomic mass is 10.3. The quantitative estimate of drug-likeness (QED) is 0.694. The van der Waals surface area contributed by atoms with E-state index in [2.05, 4.69) is 0 Å². The lowest BCUT2D eigenvalue weighted by Gasteiger charge is -2.08. The summed E-state index contributed by atoms with van der Waals surface area (Å²) < 4.78 is 52.3. The van der Waals surface area contributed by atoms with Crippen LogP contribution in [0.3, 0.4) is 0 Å². The Kier molecular flexibility index (Phi) is 3.85. The molecule has 0 atom stereocenters. The molecule has 2 rings (SSSR count). The van der Waals surface area contributed by atoms with Crippen molar-refractivity contribution in [3.63, 3.8) is 0 Å². The Balaban J connectivity index is 2.33. The Morgan fingerprint density at radius 1 is 1.10 bits per heavy atom. The molecule has 0 fully saturated rings. The summed E-state index contributed by atoms with van der Waals surface area (Å²) in [7, 11) is -4.11. The van der Waals surface area contributed by atoms with E-state index in [1.165, 1.54) is 6.07 Å². The molecule has 0 radical (unpaired) electrons. The number of nitro groups is 1. The Bertz CT molecular complexity index is 809. The van der Waals surface area contributed by atoms with Gasteiger partial charge in [0.2, 0.25) is 5.82 Å². The van der Waals surface area contributed by atoms with Crippen LogP contribution in [0.4, 0.5) is 20.2 Å². The number of nitrogens with zero attached hydrogens (tertiary/aromatic N) is 1. The molecule has 0 saturated heterocycles. The molecule has 21 heavy (non-hydrogen) atoms. The molecule has 1 N–H and O–H groups in total. The molecule has 0 aromatic heterocycles. The SMILES string of the molecule is O=[N+]([O-])c1ccc(NS(=O)(=O)c2cccc(F)c2)cc1F. The van der Waals surface area contributed by atoms with Gasteiger partial charge in [-0.1, -0.05) is 6.07 Å². The smallest absolute Gasteiger partial charge is 0.280 e. The minimum Gasteiger partial charge on any atom is -0.280 e. The molecule has 0 spiro atoms. The number of hydrogen-bond donors (Lipinski definition) is 1. The van der Waals surface area contributed by atoms with Crippen molar-refractivity contribution in [2.45, 2.75) is 4.90 Å². The van der Waals surface area contributed by atoms with E-state index in [9.17, 15) is 27.3 Å². The Labute approximate surface area is 118 Å². The first-order valence-electron chi connectivity index (χ1n) is 5.52. The van der Waals surface area contributed by atoms with Crippen LogP contribution in [-0.4, -0.2) is 13.3 Å². The van der Waals surface area contributed by atoms with Crippen molar-refractivity contribution in [3.8, 4) is 0 Å². The zero-order valence-corrected chi connectivity index (χ0v) is 11.1. The predicted molar refractivity (Wildman–Crippen MR) is 70.3 cm³/mol. The van der Waals surface area contributed by atoms with Crippen LogP contribution >= 0.6 is 0 Å². The predicted octanol–water partition coefficient (Wildman–Crippen LogP) is 2.67. The third-order valence-electron chi connectivity index (χ3n) is 2.50. The van der Waals surface area contributed by atoms with Crippen LogP contribution in [0, 0.1) is 21.7 Å². The maximum Gasteiger partial charge on any atom is 0.304 e. The van der Waals surface area contributed by atoms with Gasteiger partial charge >= 0.3 is 5.69 Å². The largest absolute Gasteiger partial charge is 0.304 e. The van der Waals surface area contributed by atoms with E-state index in [1.807, 2.05) is 4.72 Å². The van der Waals surface area contributed by atoms with Crippen molar-refractivity contribution in [2.24, 2.45) is 0 Å². The van der Waals surface area contributed by atoms with Gasteiger partial charge in [-0.3, -0.25) is 14.8 Å². The minimum absolute atomic E-state index is 0.206. The lowest BCUT2D eigenvalue weighted by molar-refractivity contribution is -0.387. The fourth-order valence-electron chi connectivity index (χ4n) is 1.57. The molecular formula is C12H8F2N2O4S. The standard InChI is InChI=1S/C12H8F2N2O4S/c13-8-2-1-3-10(6-8)21(19,20)15-9-4-5-12(16(17)18)11(14)7-9/h1-7,15H. The van der Waals surface area contributed by atoms with Crippen molar-refractivity contribution < 1.29 is 22.1 Å². The van der Waals surface area contributed by atoms with Gasteiger partial charge < -0.3 is 0 Å². The molecule has 0 bridgehead atoms. The normalized spacial score (nSPS) is 11.1. The van der Waals surface area contributed by atoms with Gasteiger partial charge in [0.25, 0.3) is 10.0 Å². The second-order valence-corrected chi connectivity index (χ2v) is 5.67. The zero-order chi connectivity index (χ0) is 15.6. The summed E-state index contributed by atoms with van der Waals surface area (Å²) in [6.45, 7) is 0. The van der Waals surface area contributed by atoms with Gasteiger partial charge in [-0.15, -0.1) is 0 Å². The summed E-state index contributed by atoms with van der Waals surface area (Å²) in [6.07, 6.45) is 0. The summed E-state index contributed by atoms with van der Waals surface area (Å²) in [5, 5.41) is 10.5. The van der Waals surface area contributed by atoms with Gasteiger partial charge in [-0.25, -0.2) is 12.8 Å². The third-order valence-corrected chi connectivity index (χ3v) is 3.88. The Hall–Kier alpha value is -2.55. The van der Waals surface area contributed by atoms with Gasteiger partial charge in [0.15, 0.2) is 0 Å². The number of halogens is 2. The van der Waals surface area contributed by atoms with Crippen molar-refractivity contribution in [1.29, 1.82) is 0 Å². The molecule has 110 valence electrons. The second-order valence-electron chi connectivity index (χ2n) is 3.99. The number of nitrogens with one attached hydrogen (secondary N) is 1. The lowest BCUT2D eigenvalue weighted by Crippen LogP contribution is -2.13. The molecule has 2 aromatic rings. The highest BCUT2D eigenvalue weighted by Crippen LogP contribution is 2.23. The first-order valence-corrected chi connectivity index (χ1v) is 7.00. The molecule has 9 heteroatoms. The van der Waals surface area contributed by atoms with Crippen molar-refractivity contribution in [1.82, 2.24) is 0 Å². The van der Waals surface area contributed by atoms with Gasteiger partial charge in [-0.2, -0.15) is 4.39 Å². The molecular weight excluding hydrogens is 306 g/mol. The molecule has 0 aliphatic heterocycles. The van der Waals surface area contributed by atoms with E-state index >= 15 is 0 Å². The van der Waals surface area contributed by atoms with Crippen molar-refractivity contribution >= 4 is 21.4 Å². The molecule has 0 amide bonds. The fourth-order valence-corrected chi connectivity index (χ4v) is 2.65. The summed E-state index contributed by atoms with van der Waals surface area (Å²) >= 11 is 0. The van der Waals surface area contributed by atoms with Crippen LogP contribution < -0.4 is 4.72 Å². The van der Waals surface area contributed by atoms with E-state index in [0.29, 0.717) is 6.07 Å². The van der Waals surface area contributed by atoms with Crippen LogP contribution in [0.1, 0.15) is 0 Å². The van der Waals surface area contributed by atoms with Gasteiger partial charge in [0.1, 0.15) is 5.82 Å². The Morgan fingerprint density at radius 3 is 2.38 bits per heavy atom. The summed E-state index contributed by atoms with van der Waals surface area (Å²) in [5.74, 6) is -1.92. The van der Waals surface area contributed by atoms with Crippen LogP contribution in [0.25, 0.3) is 0 Å². The van der Waals surface area contributed by atoms with Gasteiger partial charge in [0, 0.05) is 12.1 Å². The first kappa shape index (κ1) is 14.9. The van der Waals surface area contributed by atoms with Crippen LogP contribution in [0.5, 0.6) is 0 Å². The highest BCUT2D eigenvalue weighted by atomic mass is 32.2. The van der Waals surface area contributed by atoms with Crippen LogP contribution in [0.2, 0.25) is 0 Å². The topological polar surface area (TPSA) is 89.3 Å². The van der Waals surface area contributed by atoms with Gasteiger partial charge in [-0.05, 0) is 24.3 Å². The average molecular weight is 314 g/mol. The number of sulfonamides is 1. The van der Waals surface area contributed by atoms with E-state index in [4.69, 9.17) is 0 Å². The molecule has 0 unspecified atom stereocenters. The van der Waals surface area contributed by atoms with Gasteiger partial charge in [0.05, 0.1) is 15.5 Å². The number of rotatable bonds is 4. The molecule has 0 aliphatic rings. The molecule has 0 heterocycles. The summed E-state index contributed by atoms with van der Waals surface area (Å²) in [6, 6.07) is 6.79. The monoisotopic (exact) mass is 314 g/mol. The second kappa shape index (κ2) is 5.44. The summed E-state index contributed by atoms with van der Waals surface area (Å²) in [4.78, 5) is 9.19. The zero-order valence-electron chi connectivity index (χ0n) is 10.3. The molecule has 2 aromatic carbocycles. The van der Waals surface area contributed by atoms with E-state index in [0.717, 1.165) is 30.3 Å².